The summed E-state index contributed by atoms with van der Waals surface area (Å²) >= 11 is 0. The molecule has 6 heteroatoms. The lowest BCUT2D eigenvalue weighted by Crippen LogP contribution is -2.31. The molecule has 122 valence electrons. The van der Waals surface area contributed by atoms with Crippen molar-refractivity contribution in [3.63, 3.8) is 0 Å². The van der Waals surface area contributed by atoms with Gasteiger partial charge in [0.15, 0.2) is 5.82 Å². The molecular weight excluding hydrogens is 302 g/mol. The molecule has 6 nitrogen and oxygen atoms in total. The fraction of sp³-hybridized carbons (Fsp3) is 0.333. The second-order valence-electron chi connectivity index (χ2n) is 6.23. The first-order valence-corrected chi connectivity index (χ1v) is 8.11. The van der Waals surface area contributed by atoms with Crippen molar-refractivity contribution in [3.8, 4) is 11.5 Å². The molecule has 4 rings (SSSR count). The Kier molecular flexibility index (Phi) is 3.82. The summed E-state index contributed by atoms with van der Waals surface area (Å²) in [6, 6.07) is 8.10. The molecule has 1 aliphatic rings. The van der Waals surface area contributed by atoms with Gasteiger partial charge >= 0.3 is 0 Å². The summed E-state index contributed by atoms with van der Waals surface area (Å²) < 4.78 is 5.41. The van der Waals surface area contributed by atoms with E-state index in [2.05, 4.69) is 31.9 Å². The molecule has 1 aromatic carbocycles. The lowest BCUT2D eigenvalue weighted by Gasteiger charge is -2.26. The maximum atomic E-state index is 5.41. The molecule has 0 saturated carbocycles. The molecule has 0 aliphatic carbocycles. The molecule has 24 heavy (non-hydrogen) atoms. The third-order valence-electron chi connectivity index (χ3n) is 4.28. The first-order chi connectivity index (χ1) is 11.7. The zero-order valence-corrected chi connectivity index (χ0v) is 13.9. The van der Waals surface area contributed by atoms with Gasteiger partial charge in [0.05, 0.1) is 12.2 Å². The summed E-state index contributed by atoms with van der Waals surface area (Å²) in [7, 11) is 0. The summed E-state index contributed by atoms with van der Waals surface area (Å²) in [4.78, 5) is 15.6. The molecule has 1 aliphatic heterocycles. The van der Waals surface area contributed by atoms with Crippen molar-refractivity contribution in [2.24, 2.45) is 0 Å². The first-order valence-electron chi connectivity index (χ1n) is 8.11. The highest BCUT2D eigenvalue weighted by atomic mass is 16.5. The van der Waals surface area contributed by atoms with Gasteiger partial charge in [0.1, 0.15) is 5.82 Å². The maximum Gasteiger partial charge on any atom is 0.257 e. The smallest absolute Gasteiger partial charge is 0.257 e. The average molecular weight is 321 g/mol. The Balaban J connectivity index is 1.48. The number of hydrogen-bond donors (Lipinski definition) is 0. The van der Waals surface area contributed by atoms with Crippen molar-refractivity contribution < 1.29 is 4.52 Å². The maximum absolute atomic E-state index is 5.41. The Morgan fingerprint density at radius 2 is 1.96 bits per heavy atom. The van der Waals surface area contributed by atoms with Crippen molar-refractivity contribution in [1.82, 2.24) is 25.0 Å². The molecule has 3 aromatic rings. The lowest BCUT2D eigenvalue weighted by molar-refractivity contribution is 0.231. The minimum atomic E-state index is 0.570. The van der Waals surface area contributed by atoms with Gasteiger partial charge in [0.25, 0.3) is 5.89 Å². The molecule has 0 amide bonds. The molecule has 3 heterocycles. The summed E-state index contributed by atoms with van der Waals surface area (Å²) in [6.07, 6.45) is 2.90. The van der Waals surface area contributed by atoms with Crippen LogP contribution >= 0.6 is 0 Å². The van der Waals surface area contributed by atoms with E-state index in [4.69, 9.17) is 4.52 Å². The Morgan fingerprint density at radius 1 is 1.12 bits per heavy atom. The molecule has 0 spiro atoms. The van der Waals surface area contributed by atoms with E-state index in [-0.39, 0.29) is 0 Å². The molecular formula is C18H19N5O. The zero-order chi connectivity index (χ0) is 16.5. The van der Waals surface area contributed by atoms with Crippen molar-refractivity contribution in [2.75, 3.05) is 6.54 Å². The number of nitrogens with zero attached hydrogens (tertiary/aromatic N) is 5. The van der Waals surface area contributed by atoms with Gasteiger partial charge in [0.2, 0.25) is 0 Å². The molecule has 0 atom stereocenters. The number of rotatable bonds is 3. The Morgan fingerprint density at radius 3 is 2.79 bits per heavy atom. The van der Waals surface area contributed by atoms with Crippen molar-refractivity contribution in [1.29, 1.82) is 0 Å². The van der Waals surface area contributed by atoms with E-state index in [0.29, 0.717) is 18.3 Å². The van der Waals surface area contributed by atoms with Gasteiger partial charge in [-0.3, -0.25) is 4.90 Å². The van der Waals surface area contributed by atoms with Crippen LogP contribution in [0.1, 0.15) is 28.5 Å². The summed E-state index contributed by atoms with van der Waals surface area (Å²) in [6.45, 7) is 6.40. The van der Waals surface area contributed by atoms with Gasteiger partial charge in [-0.1, -0.05) is 22.9 Å². The number of aromatic nitrogens is 4. The Labute approximate surface area is 140 Å². The van der Waals surface area contributed by atoms with E-state index in [1.807, 2.05) is 37.4 Å². The third kappa shape index (κ3) is 3.05. The van der Waals surface area contributed by atoms with E-state index in [0.717, 1.165) is 36.6 Å². The van der Waals surface area contributed by atoms with Crippen LogP contribution in [0.25, 0.3) is 11.5 Å². The molecule has 0 fully saturated rings. The monoisotopic (exact) mass is 321 g/mol. The van der Waals surface area contributed by atoms with E-state index in [1.165, 1.54) is 11.1 Å². The van der Waals surface area contributed by atoms with Crippen LogP contribution in [-0.4, -0.2) is 31.6 Å². The van der Waals surface area contributed by atoms with Gasteiger partial charge in [0, 0.05) is 24.8 Å². The predicted octanol–water partition coefficient (Wildman–Crippen LogP) is 2.70. The molecule has 0 unspecified atom stereocenters. The lowest BCUT2D eigenvalue weighted by atomic mass is 10.1. The van der Waals surface area contributed by atoms with Crippen LogP contribution in [0.4, 0.5) is 0 Å². The van der Waals surface area contributed by atoms with Gasteiger partial charge in [-0.15, -0.1) is 0 Å². The number of fused-ring (bicyclic) bond motifs is 1. The normalized spacial score (nSPS) is 14.6. The van der Waals surface area contributed by atoms with Gasteiger partial charge < -0.3 is 4.52 Å². The standard InChI is InChI=1S/C18H19N5O/c1-12-3-5-14(6-4-12)18-21-17(22-24-18)11-23-8-7-15-9-19-13(2)20-16(15)10-23/h3-6,9H,7-8,10-11H2,1-2H3. The summed E-state index contributed by atoms with van der Waals surface area (Å²) in [5.41, 5.74) is 4.51. The van der Waals surface area contributed by atoms with E-state index in [9.17, 15) is 0 Å². The van der Waals surface area contributed by atoms with Crippen LogP contribution in [0, 0.1) is 13.8 Å². The highest BCUT2D eigenvalue weighted by molar-refractivity contribution is 5.53. The number of hydrogen-bond acceptors (Lipinski definition) is 6. The Hall–Kier alpha value is -2.60. The molecule has 0 N–H and O–H groups in total. The largest absolute Gasteiger partial charge is 0.334 e. The van der Waals surface area contributed by atoms with Gasteiger partial charge in [-0.25, -0.2) is 9.97 Å². The predicted molar refractivity (Wildman–Crippen MR) is 89.1 cm³/mol. The fourth-order valence-electron chi connectivity index (χ4n) is 2.92. The highest BCUT2D eigenvalue weighted by Crippen LogP contribution is 2.20. The third-order valence-corrected chi connectivity index (χ3v) is 4.28. The van der Waals surface area contributed by atoms with E-state index in [1.54, 1.807) is 0 Å². The van der Waals surface area contributed by atoms with Crippen LogP contribution < -0.4 is 0 Å². The summed E-state index contributed by atoms with van der Waals surface area (Å²) in [5.74, 6) is 2.09. The van der Waals surface area contributed by atoms with Gasteiger partial charge in [-0.05, 0) is 38.0 Å². The number of benzene rings is 1. The van der Waals surface area contributed by atoms with E-state index >= 15 is 0 Å². The van der Waals surface area contributed by atoms with Crippen molar-refractivity contribution in [3.05, 3.63) is 58.9 Å². The highest BCUT2D eigenvalue weighted by Gasteiger charge is 2.20. The van der Waals surface area contributed by atoms with Crippen LogP contribution in [-0.2, 0) is 19.5 Å². The van der Waals surface area contributed by atoms with Gasteiger partial charge in [-0.2, -0.15) is 4.98 Å². The number of aryl methyl sites for hydroxylation is 2. The quantitative estimate of drug-likeness (QED) is 0.739. The minimum Gasteiger partial charge on any atom is -0.334 e. The topological polar surface area (TPSA) is 67.9 Å². The fourth-order valence-corrected chi connectivity index (χ4v) is 2.92. The molecule has 2 aromatic heterocycles. The van der Waals surface area contributed by atoms with Crippen LogP contribution in [0.2, 0.25) is 0 Å². The zero-order valence-electron chi connectivity index (χ0n) is 13.9. The first kappa shape index (κ1) is 15.0. The SMILES string of the molecule is Cc1ccc(-c2nc(CN3CCc4cnc(C)nc4C3)no2)cc1. The summed E-state index contributed by atoms with van der Waals surface area (Å²) in [5, 5.41) is 4.12. The van der Waals surface area contributed by atoms with Crippen molar-refractivity contribution in [2.45, 2.75) is 33.4 Å². The average Bonchev–Trinajstić information content (AvgIpc) is 3.03. The second kappa shape index (κ2) is 6.13. The van der Waals surface area contributed by atoms with Crippen LogP contribution in [0.15, 0.2) is 35.0 Å². The Bertz CT molecular complexity index is 856. The molecule has 0 bridgehead atoms. The molecule has 0 radical (unpaired) electrons. The van der Waals surface area contributed by atoms with Crippen molar-refractivity contribution >= 4 is 0 Å². The minimum absolute atomic E-state index is 0.570. The molecule has 0 saturated heterocycles. The second-order valence-corrected chi connectivity index (χ2v) is 6.23. The van der Waals surface area contributed by atoms with E-state index < -0.39 is 0 Å². The van der Waals surface area contributed by atoms with Crippen LogP contribution in [0.5, 0.6) is 0 Å². The van der Waals surface area contributed by atoms with Crippen LogP contribution in [0.3, 0.4) is 0 Å².